The summed E-state index contributed by atoms with van der Waals surface area (Å²) in [5, 5.41) is 11.6. The fourth-order valence-corrected chi connectivity index (χ4v) is 3.45. The molecule has 142 valence electrons. The van der Waals surface area contributed by atoms with E-state index in [0.717, 1.165) is 10.0 Å². The van der Waals surface area contributed by atoms with E-state index in [4.69, 9.17) is 0 Å². The van der Waals surface area contributed by atoms with Gasteiger partial charge in [-0.05, 0) is 42.0 Å². The zero-order valence-electron chi connectivity index (χ0n) is 15.0. The lowest BCUT2D eigenvalue weighted by molar-refractivity contribution is -0.384. The van der Waals surface area contributed by atoms with Crippen LogP contribution in [0.2, 0.25) is 0 Å². The number of nitro groups is 1. The molecule has 0 amide bonds. The molecule has 0 unspecified atom stereocenters. The van der Waals surface area contributed by atoms with Crippen molar-refractivity contribution in [2.75, 3.05) is 0 Å². The van der Waals surface area contributed by atoms with E-state index in [0.29, 0.717) is 22.4 Å². The monoisotopic (exact) mass is 447 g/mol. The van der Waals surface area contributed by atoms with Crippen LogP contribution in [0.25, 0.3) is 28.7 Å². The Bertz CT molecular complexity index is 1330. The normalized spacial score (nSPS) is 11.2. The first-order chi connectivity index (χ1) is 14.0. The highest BCUT2D eigenvalue weighted by atomic mass is 79.9. The third-order valence-corrected chi connectivity index (χ3v) is 4.87. The molecule has 1 heterocycles. The second-order valence-corrected chi connectivity index (χ2v) is 7.21. The summed E-state index contributed by atoms with van der Waals surface area (Å²) in [6.45, 7) is 0. The number of benzene rings is 3. The Morgan fingerprint density at radius 2 is 1.76 bits per heavy atom. The number of para-hydroxylation sites is 1. The van der Waals surface area contributed by atoms with Crippen molar-refractivity contribution in [3.05, 3.63) is 109 Å². The highest BCUT2D eigenvalue weighted by Gasteiger charge is 2.14. The van der Waals surface area contributed by atoms with Crippen LogP contribution < -0.4 is 5.56 Å². The summed E-state index contributed by atoms with van der Waals surface area (Å²) in [6, 6.07) is 20.7. The van der Waals surface area contributed by atoms with Crippen molar-refractivity contribution in [2.45, 2.75) is 0 Å². The predicted molar refractivity (Wildman–Crippen MR) is 117 cm³/mol. The second-order valence-electron chi connectivity index (χ2n) is 6.29. The smallest absolute Gasteiger partial charge is 0.268 e. The maximum absolute atomic E-state index is 13.2. The van der Waals surface area contributed by atoms with E-state index in [2.05, 4.69) is 20.9 Å². The Balaban J connectivity index is 1.95. The zero-order chi connectivity index (χ0) is 20.4. The molecule has 6 nitrogen and oxygen atoms in total. The molecule has 4 rings (SSSR count). The van der Waals surface area contributed by atoms with Crippen molar-refractivity contribution in [2.24, 2.45) is 0 Å². The minimum Gasteiger partial charge on any atom is -0.268 e. The van der Waals surface area contributed by atoms with E-state index in [9.17, 15) is 14.9 Å². The van der Waals surface area contributed by atoms with Gasteiger partial charge >= 0.3 is 0 Å². The zero-order valence-corrected chi connectivity index (χ0v) is 16.6. The van der Waals surface area contributed by atoms with E-state index in [1.165, 1.54) is 16.7 Å². The van der Waals surface area contributed by atoms with Crippen LogP contribution in [0.1, 0.15) is 11.4 Å². The van der Waals surface area contributed by atoms with Gasteiger partial charge in [0.05, 0.1) is 21.5 Å². The Labute approximate surface area is 174 Å². The molecule has 0 saturated carbocycles. The second kappa shape index (κ2) is 7.81. The van der Waals surface area contributed by atoms with Gasteiger partial charge in [-0.3, -0.25) is 19.5 Å². The molecule has 1 aromatic heterocycles. The predicted octanol–water partition coefficient (Wildman–Crippen LogP) is 5.23. The molecule has 0 fully saturated rings. The fraction of sp³-hybridized carbons (Fsp3) is 0. The average Bonchev–Trinajstić information content (AvgIpc) is 2.72. The lowest BCUT2D eigenvalue weighted by Gasteiger charge is -2.11. The minimum atomic E-state index is -0.486. The van der Waals surface area contributed by atoms with Crippen molar-refractivity contribution in [3.8, 4) is 5.69 Å². The van der Waals surface area contributed by atoms with Crippen LogP contribution in [0.15, 0.2) is 82.1 Å². The van der Waals surface area contributed by atoms with Crippen LogP contribution in [0.3, 0.4) is 0 Å². The summed E-state index contributed by atoms with van der Waals surface area (Å²) in [6.07, 6.45) is 3.57. The van der Waals surface area contributed by atoms with Crippen molar-refractivity contribution >= 4 is 44.7 Å². The minimum absolute atomic E-state index is 0.0931. The van der Waals surface area contributed by atoms with E-state index in [-0.39, 0.29) is 11.2 Å². The number of non-ortho nitro benzene ring substituents is 1. The van der Waals surface area contributed by atoms with Crippen LogP contribution >= 0.6 is 15.9 Å². The first-order valence-corrected chi connectivity index (χ1v) is 9.52. The van der Waals surface area contributed by atoms with Gasteiger partial charge in [-0.1, -0.05) is 52.3 Å². The first kappa shape index (κ1) is 18.8. The average molecular weight is 448 g/mol. The van der Waals surface area contributed by atoms with Gasteiger partial charge in [-0.25, -0.2) is 4.98 Å². The van der Waals surface area contributed by atoms with Crippen molar-refractivity contribution in [3.63, 3.8) is 0 Å². The maximum Gasteiger partial charge on any atom is 0.271 e. The van der Waals surface area contributed by atoms with Gasteiger partial charge in [-0.2, -0.15) is 0 Å². The number of hydrogen-bond acceptors (Lipinski definition) is 4. The lowest BCUT2D eigenvalue weighted by atomic mass is 10.2. The van der Waals surface area contributed by atoms with Crippen LogP contribution in [0.4, 0.5) is 5.69 Å². The maximum atomic E-state index is 13.2. The van der Waals surface area contributed by atoms with Crippen LogP contribution in [0.5, 0.6) is 0 Å². The first-order valence-electron chi connectivity index (χ1n) is 8.73. The highest BCUT2D eigenvalue weighted by Crippen LogP contribution is 2.20. The third-order valence-electron chi connectivity index (χ3n) is 4.37. The topological polar surface area (TPSA) is 78.0 Å². The fourth-order valence-electron chi connectivity index (χ4n) is 3.04. The van der Waals surface area contributed by atoms with Gasteiger partial charge in [0, 0.05) is 16.6 Å². The van der Waals surface area contributed by atoms with E-state index >= 15 is 0 Å². The van der Waals surface area contributed by atoms with Crippen molar-refractivity contribution in [1.82, 2.24) is 9.55 Å². The van der Waals surface area contributed by atoms with Crippen LogP contribution in [-0.4, -0.2) is 14.5 Å². The molecule has 0 bridgehead atoms. The molecule has 0 spiro atoms. The van der Waals surface area contributed by atoms with Crippen molar-refractivity contribution in [1.29, 1.82) is 0 Å². The Morgan fingerprint density at radius 1 is 0.966 bits per heavy atom. The largest absolute Gasteiger partial charge is 0.271 e. The van der Waals surface area contributed by atoms with E-state index in [1.807, 2.05) is 36.4 Å². The van der Waals surface area contributed by atoms with Crippen LogP contribution in [-0.2, 0) is 0 Å². The van der Waals surface area contributed by atoms with Crippen molar-refractivity contribution < 1.29 is 4.92 Å². The number of nitro benzene ring substituents is 1. The third kappa shape index (κ3) is 3.86. The number of hydrogen-bond donors (Lipinski definition) is 0. The van der Waals surface area contributed by atoms with Gasteiger partial charge in [0.2, 0.25) is 0 Å². The molecule has 0 aliphatic carbocycles. The number of fused-ring (bicyclic) bond motifs is 1. The number of nitrogens with zero attached hydrogens (tertiary/aromatic N) is 3. The van der Waals surface area contributed by atoms with Gasteiger partial charge in [0.15, 0.2) is 0 Å². The molecule has 0 atom stereocenters. The van der Waals surface area contributed by atoms with Gasteiger partial charge in [0.1, 0.15) is 5.82 Å². The molecule has 0 aliphatic rings. The van der Waals surface area contributed by atoms with E-state index < -0.39 is 4.92 Å². The van der Waals surface area contributed by atoms with Gasteiger partial charge < -0.3 is 0 Å². The molecular weight excluding hydrogens is 434 g/mol. The summed E-state index contributed by atoms with van der Waals surface area (Å²) in [4.78, 5) is 28.5. The molecule has 3 aromatic carbocycles. The number of halogens is 1. The Morgan fingerprint density at radius 3 is 2.55 bits per heavy atom. The van der Waals surface area contributed by atoms with Gasteiger partial charge in [0.25, 0.3) is 11.2 Å². The molecular formula is C22H14BrN3O3. The molecule has 29 heavy (non-hydrogen) atoms. The number of aromatic nitrogens is 2. The molecule has 0 radical (unpaired) electrons. The quantitative estimate of drug-likeness (QED) is 0.317. The summed E-state index contributed by atoms with van der Waals surface area (Å²) < 4.78 is 2.33. The molecule has 4 aromatic rings. The van der Waals surface area contributed by atoms with Crippen LogP contribution in [0, 0.1) is 10.1 Å². The van der Waals surface area contributed by atoms with Gasteiger partial charge in [-0.15, -0.1) is 0 Å². The number of rotatable bonds is 4. The molecule has 0 saturated heterocycles. The molecule has 0 N–H and O–H groups in total. The van der Waals surface area contributed by atoms with E-state index in [1.54, 1.807) is 36.4 Å². The molecule has 0 aliphatic heterocycles. The molecule has 7 heteroatoms. The summed E-state index contributed by atoms with van der Waals surface area (Å²) >= 11 is 3.44. The lowest BCUT2D eigenvalue weighted by Crippen LogP contribution is -2.22. The summed E-state index contributed by atoms with van der Waals surface area (Å²) in [5.74, 6) is 0.383. The Hall–Kier alpha value is -3.58. The highest BCUT2D eigenvalue weighted by molar-refractivity contribution is 9.10. The SMILES string of the molecule is O=c1c2ccccc2nc(C=Cc2cccc(Br)c2)n1-c1cccc([N+](=O)[O-])c1. The Kier molecular flexibility index (Phi) is 5.05. The standard InChI is InChI=1S/C22H14BrN3O3/c23-16-6-3-5-15(13-16)11-12-21-24-20-10-2-1-9-19(20)22(27)25(21)17-7-4-8-18(14-17)26(28)29/h1-14H. The summed E-state index contributed by atoms with van der Waals surface area (Å²) in [5.41, 5.74) is 1.49. The summed E-state index contributed by atoms with van der Waals surface area (Å²) in [7, 11) is 0.